The summed E-state index contributed by atoms with van der Waals surface area (Å²) in [6, 6.07) is 7.82. The average molecular weight is 326 g/mol. The van der Waals surface area contributed by atoms with Gasteiger partial charge >= 0.3 is 5.97 Å². The number of carbonyl (C=O) groups is 1. The third-order valence-corrected chi connectivity index (χ3v) is 4.48. The van der Waals surface area contributed by atoms with Crippen LogP contribution in [-0.4, -0.2) is 17.1 Å². The summed E-state index contributed by atoms with van der Waals surface area (Å²) < 4.78 is 0.960. The Labute approximate surface area is 122 Å². The van der Waals surface area contributed by atoms with Crippen molar-refractivity contribution in [1.29, 1.82) is 0 Å². The molecule has 0 amide bonds. The minimum atomic E-state index is -1.01. The van der Waals surface area contributed by atoms with Crippen LogP contribution in [0.3, 0.4) is 0 Å². The summed E-state index contributed by atoms with van der Waals surface area (Å²) >= 11 is 3.38. The molecule has 0 radical (unpaired) electrons. The number of halogens is 1. The second-order valence-electron chi connectivity index (χ2n) is 5.42. The molecule has 1 unspecified atom stereocenters. The van der Waals surface area contributed by atoms with Crippen LogP contribution in [0.1, 0.15) is 44.6 Å². The summed E-state index contributed by atoms with van der Waals surface area (Å²) in [4.78, 5) is 11.7. The first-order valence-corrected chi connectivity index (χ1v) is 7.59. The molecule has 4 heteroatoms. The summed E-state index contributed by atoms with van der Waals surface area (Å²) in [5.74, 6) is -0.819. The number of carboxylic acid groups (broad SMARTS) is 1. The van der Waals surface area contributed by atoms with Crippen LogP contribution < -0.4 is 5.32 Å². The second kappa shape index (κ2) is 6.06. The fourth-order valence-electron chi connectivity index (χ4n) is 2.71. The Bertz CT molecular complexity index is 440. The Morgan fingerprint density at radius 3 is 2.37 bits per heavy atom. The maximum absolute atomic E-state index is 11.7. The quantitative estimate of drug-likeness (QED) is 0.887. The fourth-order valence-corrected chi connectivity index (χ4v) is 2.97. The molecule has 0 heterocycles. The minimum absolute atomic E-state index is 0.304. The summed E-state index contributed by atoms with van der Waals surface area (Å²) in [5, 5.41) is 13.0. The molecule has 0 bridgehead atoms. The summed E-state index contributed by atoms with van der Waals surface area (Å²) in [5.41, 5.74) is -0.211. The van der Waals surface area contributed by atoms with Crippen LogP contribution in [0.2, 0.25) is 0 Å². The van der Waals surface area contributed by atoms with Crippen molar-refractivity contribution in [2.24, 2.45) is 0 Å². The van der Waals surface area contributed by atoms with Gasteiger partial charge in [0, 0.05) is 10.5 Å². The van der Waals surface area contributed by atoms with E-state index in [1.807, 2.05) is 24.3 Å². The van der Waals surface area contributed by atoms with Crippen molar-refractivity contribution < 1.29 is 9.90 Å². The topological polar surface area (TPSA) is 49.3 Å². The molecule has 0 aromatic heterocycles. The highest BCUT2D eigenvalue weighted by Gasteiger charge is 2.37. The summed E-state index contributed by atoms with van der Waals surface area (Å²) in [7, 11) is 0. The Balaban J connectivity index is 2.21. The van der Waals surface area contributed by atoms with E-state index in [0.717, 1.165) is 22.9 Å². The first-order chi connectivity index (χ1) is 9.02. The molecule has 1 fully saturated rings. The van der Waals surface area contributed by atoms with Crippen LogP contribution in [0.5, 0.6) is 0 Å². The van der Waals surface area contributed by atoms with Gasteiger partial charge in [0.15, 0.2) is 0 Å². The number of hydrogen-bond donors (Lipinski definition) is 2. The van der Waals surface area contributed by atoms with Crippen LogP contribution in [0.25, 0.3) is 0 Å². The third-order valence-electron chi connectivity index (χ3n) is 3.95. The van der Waals surface area contributed by atoms with Crippen LogP contribution in [0.4, 0.5) is 0 Å². The molecule has 1 aromatic carbocycles. The number of rotatable bonds is 4. The highest BCUT2D eigenvalue weighted by Crippen LogP contribution is 2.27. The number of hydrogen-bond acceptors (Lipinski definition) is 2. The number of carboxylic acids is 1. The van der Waals surface area contributed by atoms with Crippen LogP contribution in [0.15, 0.2) is 28.7 Å². The number of nitrogens with one attached hydrogen (secondary N) is 1. The molecule has 2 N–H and O–H groups in total. The minimum Gasteiger partial charge on any atom is -0.480 e. The van der Waals surface area contributed by atoms with Gasteiger partial charge in [-0.15, -0.1) is 0 Å². The average Bonchev–Trinajstić information content (AvgIpc) is 2.40. The SMILES string of the molecule is CC(NC1CCCCC1)(C(=O)O)c1ccc(Br)cc1. The van der Waals surface area contributed by atoms with E-state index in [2.05, 4.69) is 21.2 Å². The first-order valence-electron chi connectivity index (χ1n) is 6.79. The lowest BCUT2D eigenvalue weighted by molar-refractivity contribution is -0.145. The molecule has 3 nitrogen and oxygen atoms in total. The van der Waals surface area contributed by atoms with Gasteiger partial charge in [-0.05, 0) is 37.5 Å². The Morgan fingerprint density at radius 2 is 1.84 bits per heavy atom. The van der Waals surface area contributed by atoms with Gasteiger partial charge in [-0.2, -0.15) is 0 Å². The van der Waals surface area contributed by atoms with Crippen molar-refractivity contribution in [3.05, 3.63) is 34.3 Å². The monoisotopic (exact) mass is 325 g/mol. The predicted molar refractivity (Wildman–Crippen MR) is 79.1 cm³/mol. The molecule has 0 aliphatic heterocycles. The van der Waals surface area contributed by atoms with E-state index < -0.39 is 11.5 Å². The summed E-state index contributed by atoms with van der Waals surface area (Å²) in [6.07, 6.45) is 5.78. The predicted octanol–water partition coefficient (Wildman–Crippen LogP) is 3.67. The Kier molecular flexibility index (Phi) is 4.63. The lowest BCUT2D eigenvalue weighted by Gasteiger charge is -2.34. The summed E-state index contributed by atoms with van der Waals surface area (Å²) in [6.45, 7) is 1.76. The van der Waals surface area contributed by atoms with Crippen molar-refractivity contribution in [3.8, 4) is 0 Å². The van der Waals surface area contributed by atoms with Gasteiger partial charge in [-0.1, -0.05) is 47.3 Å². The van der Waals surface area contributed by atoms with E-state index in [4.69, 9.17) is 0 Å². The number of aliphatic carboxylic acids is 1. The molecular formula is C15H20BrNO2. The second-order valence-corrected chi connectivity index (χ2v) is 6.33. The van der Waals surface area contributed by atoms with E-state index in [1.54, 1.807) is 6.92 Å². The third kappa shape index (κ3) is 3.37. The van der Waals surface area contributed by atoms with Crippen molar-refractivity contribution >= 4 is 21.9 Å². The molecule has 1 aromatic rings. The Hall–Kier alpha value is -0.870. The van der Waals surface area contributed by atoms with Gasteiger partial charge < -0.3 is 5.11 Å². The largest absolute Gasteiger partial charge is 0.480 e. The zero-order valence-corrected chi connectivity index (χ0v) is 12.7. The molecule has 1 saturated carbocycles. The van der Waals surface area contributed by atoms with Gasteiger partial charge in [0.1, 0.15) is 5.54 Å². The van der Waals surface area contributed by atoms with Gasteiger partial charge in [0.25, 0.3) is 0 Å². The normalized spacial score (nSPS) is 19.9. The molecule has 104 valence electrons. The van der Waals surface area contributed by atoms with Gasteiger partial charge in [-0.3, -0.25) is 5.32 Å². The lowest BCUT2D eigenvalue weighted by atomic mass is 9.87. The molecule has 0 spiro atoms. The standard InChI is InChI=1S/C15H20BrNO2/c1-15(14(18)19,11-7-9-12(16)10-8-11)17-13-5-3-2-4-6-13/h7-10,13,17H,2-6H2,1H3,(H,18,19). The molecule has 1 aliphatic carbocycles. The van der Waals surface area contributed by atoms with Crippen molar-refractivity contribution in [3.63, 3.8) is 0 Å². The zero-order valence-electron chi connectivity index (χ0n) is 11.2. The fraction of sp³-hybridized carbons (Fsp3) is 0.533. The highest BCUT2D eigenvalue weighted by molar-refractivity contribution is 9.10. The molecule has 1 aliphatic rings. The van der Waals surface area contributed by atoms with Crippen LogP contribution >= 0.6 is 15.9 Å². The molecule has 0 saturated heterocycles. The van der Waals surface area contributed by atoms with Crippen molar-refractivity contribution in [2.75, 3.05) is 0 Å². The molecule has 19 heavy (non-hydrogen) atoms. The molecular weight excluding hydrogens is 306 g/mol. The smallest absolute Gasteiger partial charge is 0.328 e. The van der Waals surface area contributed by atoms with Crippen LogP contribution in [0, 0.1) is 0 Å². The maximum Gasteiger partial charge on any atom is 0.328 e. The van der Waals surface area contributed by atoms with Gasteiger partial charge in [-0.25, -0.2) is 4.79 Å². The Morgan fingerprint density at radius 1 is 1.26 bits per heavy atom. The van der Waals surface area contributed by atoms with Crippen molar-refractivity contribution in [1.82, 2.24) is 5.32 Å². The van der Waals surface area contributed by atoms with E-state index in [9.17, 15) is 9.90 Å². The molecule has 2 rings (SSSR count). The maximum atomic E-state index is 11.7. The molecule has 1 atom stereocenters. The van der Waals surface area contributed by atoms with Crippen molar-refractivity contribution in [2.45, 2.75) is 50.6 Å². The van der Waals surface area contributed by atoms with Gasteiger partial charge in [0.2, 0.25) is 0 Å². The van der Waals surface area contributed by atoms with E-state index in [-0.39, 0.29) is 0 Å². The van der Waals surface area contributed by atoms with E-state index in [1.165, 1.54) is 19.3 Å². The first kappa shape index (κ1) is 14.5. The zero-order chi connectivity index (χ0) is 13.9. The van der Waals surface area contributed by atoms with E-state index >= 15 is 0 Å². The van der Waals surface area contributed by atoms with Gasteiger partial charge in [0.05, 0.1) is 0 Å². The van der Waals surface area contributed by atoms with E-state index in [0.29, 0.717) is 6.04 Å². The lowest BCUT2D eigenvalue weighted by Crippen LogP contribution is -2.51. The highest BCUT2D eigenvalue weighted by atomic mass is 79.9. The number of benzene rings is 1. The van der Waals surface area contributed by atoms with Crippen LogP contribution in [-0.2, 0) is 10.3 Å².